The summed E-state index contributed by atoms with van der Waals surface area (Å²) in [6.07, 6.45) is 0. The van der Waals surface area contributed by atoms with E-state index >= 15 is 0 Å². The van der Waals surface area contributed by atoms with Crippen molar-refractivity contribution in [1.82, 2.24) is 15.0 Å². The van der Waals surface area contributed by atoms with Crippen LogP contribution in [0.15, 0.2) is 18.2 Å². The molecule has 2 aromatic heterocycles. The maximum atomic E-state index is 5.98. The van der Waals surface area contributed by atoms with Crippen LogP contribution in [0.25, 0.3) is 21.9 Å². The quantitative estimate of drug-likeness (QED) is 0.376. The lowest BCUT2D eigenvalue weighted by Crippen LogP contribution is -2.01. The normalized spacial score (nSPS) is 11.4. The molecule has 3 aromatic rings. The van der Waals surface area contributed by atoms with Gasteiger partial charge in [-0.05, 0) is 11.6 Å². The third-order valence-electron chi connectivity index (χ3n) is 2.44. The van der Waals surface area contributed by atoms with E-state index in [1.807, 2.05) is 12.1 Å². The predicted molar refractivity (Wildman–Crippen MR) is 66.8 cm³/mol. The molecule has 0 amide bonds. The largest absolute Gasteiger partial charge is 0.351 e. The van der Waals surface area contributed by atoms with Gasteiger partial charge in [0.1, 0.15) is 18.9 Å². The molecule has 2 radical (unpaired) electrons. The Morgan fingerprint density at radius 3 is 2.75 bits per heavy atom. The Hall–Kier alpha value is -1.26. The Balaban J connectivity index is 2.61. The molecule has 76 valence electrons. The second kappa shape index (κ2) is 3.37. The van der Waals surface area contributed by atoms with Crippen molar-refractivity contribution in [2.45, 2.75) is 0 Å². The minimum atomic E-state index is 0.126. The van der Waals surface area contributed by atoms with Crippen LogP contribution in [0.3, 0.4) is 0 Å². The molecule has 0 aliphatic heterocycles. The molecular formula is C10H4BCl2N3. The van der Waals surface area contributed by atoms with Gasteiger partial charge in [-0.2, -0.15) is 0 Å². The first-order valence-corrected chi connectivity index (χ1v) is 5.31. The van der Waals surface area contributed by atoms with Gasteiger partial charge in [0.05, 0.1) is 0 Å². The van der Waals surface area contributed by atoms with Gasteiger partial charge < -0.3 is 4.98 Å². The van der Waals surface area contributed by atoms with Gasteiger partial charge in [-0.15, -0.1) is 0 Å². The van der Waals surface area contributed by atoms with Crippen molar-refractivity contribution in [2.24, 2.45) is 0 Å². The van der Waals surface area contributed by atoms with Gasteiger partial charge in [0, 0.05) is 10.9 Å². The second-order valence-electron chi connectivity index (χ2n) is 3.40. The van der Waals surface area contributed by atoms with E-state index in [4.69, 9.17) is 31.0 Å². The summed E-state index contributed by atoms with van der Waals surface area (Å²) in [6, 6.07) is 5.57. The molecule has 0 aliphatic carbocycles. The number of aromatic nitrogens is 3. The number of aromatic amines is 1. The Kier molecular flexibility index (Phi) is 2.09. The van der Waals surface area contributed by atoms with Gasteiger partial charge in [0.25, 0.3) is 0 Å². The third-order valence-corrected chi connectivity index (χ3v) is 2.88. The lowest BCUT2D eigenvalue weighted by Gasteiger charge is -1.94. The number of rotatable bonds is 0. The maximum Gasteiger partial charge on any atom is 0.224 e. The summed E-state index contributed by atoms with van der Waals surface area (Å²) in [5.74, 6) is 0. The van der Waals surface area contributed by atoms with Gasteiger partial charge in [-0.1, -0.05) is 35.3 Å². The first-order valence-electron chi connectivity index (χ1n) is 4.56. The Bertz CT molecular complexity index is 708. The topological polar surface area (TPSA) is 41.6 Å². The molecule has 0 fully saturated rings. The van der Waals surface area contributed by atoms with Crippen LogP contribution in [0.4, 0.5) is 0 Å². The Morgan fingerprint density at radius 2 is 1.94 bits per heavy atom. The van der Waals surface area contributed by atoms with Crippen molar-refractivity contribution >= 4 is 58.4 Å². The lowest BCUT2D eigenvalue weighted by atomic mass is 9.94. The minimum absolute atomic E-state index is 0.126. The van der Waals surface area contributed by atoms with Crippen LogP contribution >= 0.6 is 23.2 Å². The van der Waals surface area contributed by atoms with Crippen molar-refractivity contribution in [3.05, 3.63) is 28.6 Å². The van der Waals surface area contributed by atoms with Crippen molar-refractivity contribution in [3.63, 3.8) is 0 Å². The Labute approximate surface area is 102 Å². The first kappa shape index (κ1) is 9.93. The van der Waals surface area contributed by atoms with E-state index in [1.165, 1.54) is 0 Å². The van der Waals surface area contributed by atoms with Gasteiger partial charge in [0.2, 0.25) is 5.28 Å². The zero-order chi connectivity index (χ0) is 11.3. The van der Waals surface area contributed by atoms with Crippen LogP contribution in [-0.2, 0) is 0 Å². The summed E-state index contributed by atoms with van der Waals surface area (Å²) in [7, 11) is 5.85. The zero-order valence-corrected chi connectivity index (χ0v) is 9.47. The molecule has 1 N–H and O–H groups in total. The number of benzene rings is 1. The average Bonchev–Trinajstić information content (AvgIpc) is 2.59. The molecule has 0 saturated heterocycles. The van der Waals surface area contributed by atoms with Gasteiger partial charge in [-0.3, -0.25) is 0 Å². The number of para-hydroxylation sites is 1. The van der Waals surface area contributed by atoms with E-state index in [2.05, 4.69) is 15.0 Å². The number of nitrogens with one attached hydrogen (secondary N) is 1. The number of nitrogens with zero attached hydrogens (tertiary/aromatic N) is 2. The molecule has 0 unspecified atom stereocenters. The second-order valence-corrected chi connectivity index (χ2v) is 4.10. The summed E-state index contributed by atoms with van der Waals surface area (Å²) in [5.41, 5.74) is 2.78. The fraction of sp³-hybridized carbons (Fsp3) is 0. The fourth-order valence-corrected chi connectivity index (χ4v) is 2.17. The van der Waals surface area contributed by atoms with E-state index in [0.717, 1.165) is 10.9 Å². The van der Waals surface area contributed by atoms with Crippen LogP contribution in [0.2, 0.25) is 10.4 Å². The SMILES string of the molecule is [B]c1cccc2c1[nH]c1c(Cl)nc(Cl)nc12. The highest BCUT2D eigenvalue weighted by atomic mass is 35.5. The molecule has 1 aromatic carbocycles. The number of H-pyrrole nitrogens is 1. The van der Waals surface area contributed by atoms with Crippen molar-refractivity contribution in [2.75, 3.05) is 0 Å². The molecule has 0 aliphatic rings. The number of hydrogen-bond acceptors (Lipinski definition) is 2. The number of fused-ring (bicyclic) bond motifs is 3. The van der Waals surface area contributed by atoms with E-state index in [0.29, 0.717) is 21.6 Å². The molecule has 16 heavy (non-hydrogen) atoms. The van der Waals surface area contributed by atoms with Crippen LogP contribution in [0.1, 0.15) is 0 Å². The summed E-state index contributed by atoms with van der Waals surface area (Å²) in [4.78, 5) is 11.1. The predicted octanol–water partition coefficient (Wildman–Crippen LogP) is 2.21. The summed E-state index contributed by atoms with van der Waals surface area (Å²) >= 11 is 11.7. The molecule has 0 bridgehead atoms. The molecule has 6 heteroatoms. The molecule has 0 saturated carbocycles. The molecule has 3 nitrogen and oxygen atoms in total. The number of halogens is 2. The van der Waals surface area contributed by atoms with Crippen LogP contribution in [0.5, 0.6) is 0 Å². The minimum Gasteiger partial charge on any atom is -0.351 e. The van der Waals surface area contributed by atoms with Gasteiger partial charge in [-0.25, -0.2) is 9.97 Å². The molecule has 0 atom stereocenters. The van der Waals surface area contributed by atoms with Crippen molar-refractivity contribution in [3.8, 4) is 0 Å². The maximum absolute atomic E-state index is 5.98. The standard InChI is InChI=1S/C10H4BCl2N3/c11-5-3-1-2-4-6(5)14-8-7(4)15-10(13)16-9(8)12/h1-3,14H. The highest BCUT2D eigenvalue weighted by Gasteiger charge is 2.11. The fourth-order valence-electron chi connectivity index (χ4n) is 1.75. The van der Waals surface area contributed by atoms with E-state index in [-0.39, 0.29) is 5.28 Å². The highest BCUT2D eigenvalue weighted by Crippen LogP contribution is 2.27. The molecule has 2 heterocycles. The summed E-state index contributed by atoms with van der Waals surface area (Å²) < 4.78 is 0. The van der Waals surface area contributed by atoms with Gasteiger partial charge >= 0.3 is 0 Å². The average molecular weight is 248 g/mol. The highest BCUT2D eigenvalue weighted by molar-refractivity contribution is 6.41. The van der Waals surface area contributed by atoms with E-state index < -0.39 is 0 Å². The van der Waals surface area contributed by atoms with Crippen LogP contribution in [0, 0.1) is 0 Å². The van der Waals surface area contributed by atoms with E-state index in [9.17, 15) is 0 Å². The van der Waals surface area contributed by atoms with Crippen molar-refractivity contribution in [1.29, 1.82) is 0 Å². The number of hydrogen-bond donors (Lipinski definition) is 1. The monoisotopic (exact) mass is 247 g/mol. The zero-order valence-electron chi connectivity index (χ0n) is 7.96. The van der Waals surface area contributed by atoms with E-state index in [1.54, 1.807) is 6.07 Å². The van der Waals surface area contributed by atoms with Crippen LogP contribution < -0.4 is 5.46 Å². The first-order chi connectivity index (χ1) is 7.66. The smallest absolute Gasteiger partial charge is 0.224 e. The molecule has 0 spiro atoms. The van der Waals surface area contributed by atoms with Crippen molar-refractivity contribution < 1.29 is 0 Å². The summed E-state index contributed by atoms with van der Waals surface area (Å²) in [5, 5.41) is 1.31. The summed E-state index contributed by atoms with van der Waals surface area (Å²) in [6.45, 7) is 0. The van der Waals surface area contributed by atoms with Crippen LogP contribution in [-0.4, -0.2) is 22.8 Å². The Morgan fingerprint density at radius 1 is 1.12 bits per heavy atom. The van der Waals surface area contributed by atoms with Gasteiger partial charge in [0.15, 0.2) is 5.15 Å². The third kappa shape index (κ3) is 1.30. The lowest BCUT2D eigenvalue weighted by molar-refractivity contribution is 1.22. The molecular weight excluding hydrogens is 244 g/mol. The molecule has 3 rings (SSSR count).